The highest BCUT2D eigenvalue weighted by molar-refractivity contribution is 5.01. The van der Waals surface area contributed by atoms with Crippen molar-refractivity contribution in [3.05, 3.63) is 11.6 Å². The Kier molecular flexibility index (Phi) is 13.6. The van der Waals surface area contributed by atoms with E-state index in [-0.39, 0.29) is 0 Å². The lowest BCUT2D eigenvalue weighted by molar-refractivity contribution is 0.598. The molecule has 0 aliphatic heterocycles. The minimum Gasteiger partial charge on any atom is -0.0853 e. The van der Waals surface area contributed by atoms with E-state index in [9.17, 15) is 0 Å². The quantitative estimate of drug-likeness (QED) is 0.263. The first kappa shape index (κ1) is 16.7. The van der Waals surface area contributed by atoms with Gasteiger partial charge in [-0.2, -0.15) is 0 Å². The van der Waals surface area contributed by atoms with Crippen molar-refractivity contribution >= 4 is 0 Å². The van der Waals surface area contributed by atoms with Crippen molar-refractivity contribution in [3.63, 3.8) is 0 Å². The van der Waals surface area contributed by atoms with Crippen LogP contribution in [-0.4, -0.2) is 0 Å². The fraction of sp³-hybridized carbons (Fsp3) is 0.882. The third-order valence-electron chi connectivity index (χ3n) is 3.42. The summed E-state index contributed by atoms with van der Waals surface area (Å²) in [7, 11) is 0. The average molecular weight is 238 g/mol. The van der Waals surface area contributed by atoms with Crippen LogP contribution in [0, 0.1) is 0 Å². The van der Waals surface area contributed by atoms with Gasteiger partial charge in [-0.05, 0) is 32.1 Å². The normalized spacial score (nSPS) is 12.1. The molecule has 0 aliphatic carbocycles. The molecule has 0 spiro atoms. The van der Waals surface area contributed by atoms with Crippen molar-refractivity contribution in [2.45, 2.75) is 97.8 Å². The van der Waals surface area contributed by atoms with Crippen molar-refractivity contribution in [2.24, 2.45) is 0 Å². The molecule has 17 heavy (non-hydrogen) atoms. The van der Waals surface area contributed by atoms with Gasteiger partial charge in [0.05, 0.1) is 0 Å². The molecule has 0 unspecified atom stereocenters. The smallest absolute Gasteiger partial charge is 0.0320 e. The molecule has 0 rings (SSSR count). The van der Waals surface area contributed by atoms with Gasteiger partial charge in [-0.15, -0.1) is 0 Å². The Morgan fingerprint density at radius 2 is 1.24 bits per heavy atom. The summed E-state index contributed by atoms with van der Waals surface area (Å²) in [5.41, 5.74) is 1.74. The van der Waals surface area contributed by atoms with Gasteiger partial charge in [0, 0.05) is 0 Å². The maximum Gasteiger partial charge on any atom is -0.0320 e. The zero-order chi connectivity index (χ0) is 12.8. The predicted molar refractivity (Wildman–Crippen MR) is 80.5 cm³/mol. The maximum atomic E-state index is 2.52. The van der Waals surface area contributed by atoms with Crippen molar-refractivity contribution in [1.29, 1.82) is 0 Å². The molecule has 0 aromatic carbocycles. The van der Waals surface area contributed by atoms with E-state index in [1.54, 1.807) is 5.57 Å². The molecule has 0 nitrogen and oxygen atoms in total. The first-order valence-corrected chi connectivity index (χ1v) is 8.03. The van der Waals surface area contributed by atoms with Crippen LogP contribution in [0.3, 0.4) is 0 Å². The van der Waals surface area contributed by atoms with Crippen LogP contribution in [0.4, 0.5) is 0 Å². The summed E-state index contributed by atoms with van der Waals surface area (Å²) >= 11 is 0. The molecule has 0 aliphatic rings. The van der Waals surface area contributed by atoms with Gasteiger partial charge in [0.2, 0.25) is 0 Å². The number of allylic oxidation sites excluding steroid dienone is 2. The van der Waals surface area contributed by atoms with Gasteiger partial charge in [-0.25, -0.2) is 0 Å². The first-order chi connectivity index (χ1) is 8.35. The van der Waals surface area contributed by atoms with Gasteiger partial charge in [0.1, 0.15) is 0 Å². The summed E-state index contributed by atoms with van der Waals surface area (Å²) in [6.07, 6.45) is 19.1. The molecule has 0 saturated carbocycles. The molecule has 0 heteroatoms. The second kappa shape index (κ2) is 13.8. The molecule has 0 N–H and O–H groups in total. The largest absolute Gasteiger partial charge is 0.0853 e. The van der Waals surface area contributed by atoms with E-state index in [1.165, 1.54) is 77.0 Å². The van der Waals surface area contributed by atoms with Gasteiger partial charge in [0.15, 0.2) is 0 Å². The van der Waals surface area contributed by atoms with E-state index in [0.29, 0.717) is 0 Å². The highest BCUT2D eigenvalue weighted by Gasteiger charge is 1.98. The summed E-state index contributed by atoms with van der Waals surface area (Å²) in [4.78, 5) is 0. The molecule has 0 fully saturated rings. The third kappa shape index (κ3) is 12.0. The van der Waals surface area contributed by atoms with Crippen LogP contribution < -0.4 is 0 Å². The monoisotopic (exact) mass is 238 g/mol. The van der Waals surface area contributed by atoms with E-state index in [1.807, 2.05) is 0 Å². The van der Waals surface area contributed by atoms with Crippen molar-refractivity contribution in [2.75, 3.05) is 0 Å². The number of rotatable bonds is 12. The molecule has 0 atom stereocenters. The molecule has 0 saturated heterocycles. The first-order valence-electron chi connectivity index (χ1n) is 8.03. The molecule has 0 amide bonds. The Morgan fingerprint density at radius 1 is 0.647 bits per heavy atom. The Bertz CT molecular complexity index is 167. The highest BCUT2D eigenvalue weighted by Crippen LogP contribution is 2.17. The fourth-order valence-corrected chi connectivity index (χ4v) is 2.21. The molecule has 0 radical (unpaired) electrons. The number of hydrogen-bond donors (Lipinski definition) is 0. The summed E-state index contributed by atoms with van der Waals surface area (Å²) in [6.45, 7) is 6.86. The van der Waals surface area contributed by atoms with Crippen LogP contribution in [0.25, 0.3) is 0 Å². The topological polar surface area (TPSA) is 0 Å². The highest BCUT2D eigenvalue weighted by atomic mass is 14.0. The lowest BCUT2D eigenvalue weighted by Crippen LogP contribution is -1.87. The summed E-state index contributed by atoms with van der Waals surface area (Å²) in [5, 5.41) is 0. The van der Waals surface area contributed by atoms with Crippen LogP contribution in [0.15, 0.2) is 11.6 Å². The molecule has 0 aromatic heterocycles. The molecule has 0 aromatic rings. The Labute approximate surface area is 110 Å². The SMILES string of the molecule is CCCC=C(CCCC)CCCCCCCC. The minimum atomic E-state index is 1.29. The number of unbranched alkanes of at least 4 members (excludes halogenated alkanes) is 7. The van der Waals surface area contributed by atoms with Crippen LogP contribution in [0.5, 0.6) is 0 Å². The van der Waals surface area contributed by atoms with Gasteiger partial charge in [0.25, 0.3) is 0 Å². The van der Waals surface area contributed by atoms with Gasteiger partial charge < -0.3 is 0 Å². The summed E-state index contributed by atoms with van der Waals surface area (Å²) in [5.74, 6) is 0. The van der Waals surface area contributed by atoms with Gasteiger partial charge in [-0.3, -0.25) is 0 Å². The summed E-state index contributed by atoms with van der Waals surface area (Å²) in [6, 6.07) is 0. The molecule has 0 heterocycles. The number of hydrogen-bond acceptors (Lipinski definition) is 0. The zero-order valence-electron chi connectivity index (χ0n) is 12.6. The van der Waals surface area contributed by atoms with Gasteiger partial charge in [-0.1, -0.05) is 77.4 Å². The van der Waals surface area contributed by atoms with Crippen LogP contribution in [0.1, 0.15) is 97.8 Å². The lowest BCUT2D eigenvalue weighted by atomic mass is 9.99. The average Bonchev–Trinajstić information content (AvgIpc) is 2.35. The van der Waals surface area contributed by atoms with E-state index < -0.39 is 0 Å². The lowest BCUT2D eigenvalue weighted by Gasteiger charge is -2.07. The van der Waals surface area contributed by atoms with Crippen molar-refractivity contribution < 1.29 is 0 Å². The summed E-state index contributed by atoms with van der Waals surface area (Å²) < 4.78 is 0. The van der Waals surface area contributed by atoms with Gasteiger partial charge >= 0.3 is 0 Å². The Balaban J connectivity index is 3.60. The van der Waals surface area contributed by atoms with Crippen LogP contribution >= 0.6 is 0 Å². The Hall–Kier alpha value is -0.260. The third-order valence-corrected chi connectivity index (χ3v) is 3.42. The predicted octanol–water partition coefficient (Wildman–Crippen LogP) is 6.65. The molecule has 102 valence electrons. The second-order valence-corrected chi connectivity index (χ2v) is 5.27. The van der Waals surface area contributed by atoms with E-state index in [0.717, 1.165) is 0 Å². The Morgan fingerprint density at radius 3 is 1.88 bits per heavy atom. The molecule has 0 bridgehead atoms. The maximum absolute atomic E-state index is 2.52. The van der Waals surface area contributed by atoms with Crippen molar-refractivity contribution in [1.82, 2.24) is 0 Å². The molecular formula is C17H34. The van der Waals surface area contributed by atoms with E-state index in [2.05, 4.69) is 26.8 Å². The zero-order valence-corrected chi connectivity index (χ0v) is 12.6. The fourth-order valence-electron chi connectivity index (χ4n) is 2.21. The second-order valence-electron chi connectivity index (χ2n) is 5.27. The molecular weight excluding hydrogens is 204 g/mol. The minimum absolute atomic E-state index is 1.29. The van der Waals surface area contributed by atoms with Crippen LogP contribution in [-0.2, 0) is 0 Å². The standard InChI is InChI=1S/C17H34/c1-4-7-10-11-12-13-16-17(14-8-5-2)15-9-6-3/h14H,4-13,15-16H2,1-3H3. The van der Waals surface area contributed by atoms with E-state index >= 15 is 0 Å². The van der Waals surface area contributed by atoms with Crippen LogP contribution in [0.2, 0.25) is 0 Å². The van der Waals surface area contributed by atoms with E-state index in [4.69, 9.17) is 0 Å². The van der Waals surface area contributed by atoms with Crippen molar-refractivity contribution in [3.8, 4) is 0 Å².